The second-order valence-corrected chi connectivity index (χ2v) is 22.7. The zero-order valence-electron chi connectivity index (χ0n) is 52.4. The number of allylic oxidation sites excluding steroid dienone is 14. The summed E-state index contributed by atoms with van der Waals surface area (Å²) in [5.74, 6) is -0.891. The van der Waals surface area contributed by atoms with Crippen molar-refractivity contribution in [1.29, 1.82) is 0 Å². The van der Waals surface area contributed by atoms with Crippen molar-refractivity contribution in [1.82, 2.24) is 0 Å². The summed E-state index contributed by atoms with van der Waals surface area (Å²) in [6.07, 6.45) is 88.7. The summed E-state index contributed by atoms with van der Waals surface area (Å²) in [5.41, 5.74) is 0. The van der Waals surface area contributed by atoms with Crippen molar-refractivity contribution >= 4 is 17.9 Å². The summed E-state index contributed by atoms with van der Waals surface area (Å²) in [7, 11) is 0. The fourth-order valence-electron chi connectivity index (χ4n) is 9.69. The number of esters is 3. The Morgan fingerprint density at radius 2 is 0.456 bits per heavy atom. The second kappa shape index (κ2) is 67.1. The lowest BCUT2D eigenvalue weighted by Crippen LogP contribution is -2.30. The van der Waals surface area contributed by atoms with Crippen LogP contribution in [0.1, 0.15) is 342 Å². The fourth-order valence-corrected chi connectivity index (χ4v) is 9.69. The molecule has 0 aromatic carbocycles. The van der Waals surface area contributed by atoms with Gasteiger partial charge in [-0.2, -0.15) is 0 Å². The molecule has 1 unspecified atom stereocenters. The van der Waals surface area contributed by atoms with Gasteiger partial charge >= 0.3 is 17.9 Å². The van der Waals surface area contributed by atoms with E-state index < -0.39 is 6.10 Å². The Bertz CT molecular complexity index is 1500. The Morgan fingerprint density at radius 3 is 0.734 bits per heavy atom. The molecule has 0 aromatic heterocycles. The van der Waals surface area contributed by atoms with Gasteiger partial charge in [0.05, 0.1) is 0 Å². The van der Waals surface area contributed by atoms with Crippen LogP contribution < -0.4 is 0 Å². The minimum Gasteiger partial charge on any atom is -0.462 e. The van der Waals surface area contributed by atoms with E-state index in [1.165, 1.54) is 205 Å². The first kappa shape index (κ1) is 75.6. The van der Waals surface area contributed by atoms with Crippen LogP contribution in [0.25, 0.3) is 0 Å². The van der Waals surface area contributed by atoms with E-state index in [-0.39, 0.29) is 31.1 Å². The maximum absolute atomic E-state index is 12.9. The Kier molecular flexibility index (Phi) is 64.2. The van der Waals surface area contributed by atoms with Gasteiger partial charge in [-0.1, -0.05) is 286 Å². The van der Waals surface area contributed by atoms with E-state index in [1.807, 2.05) is 0 Å². The maximum Gasteiger partial charge on any atom is 0.306 e. The number of carbonyl (C=O) groups is 3. The van der Waals surface area contributed by atoms with Gasteiger partial charge in [-0.05, 0) is 122 Å². The number of hydrogen-bond donors (Lipinski definition) is 0. The van der Waals surface area contributed by atoms with Crippen molar-refractivity contribution in [3.63, 3.8) is 0 Å². The average molecular weight is 1100 g/mol. The Labute approximate surface area is 490 Å². The van der Waals surface area contributed by atoms with Crippen molar-refractivity contribution in [3.8, 4) is 0 Å². The van der Waals surface area contributed by atoms with Gasteiger partial charge in [0.1, 0.15) is 13.2 Å². The van der Waals surface area contributed by atoms with Crippen molar-refractivity contribution in [3.05, 3.63) is 85.1 Å². The molecule has 0 saturated heterocycles. The Morgan fingerprint density at radius 1 is 0.253 bits per heavy atom. The smallest absolute Gasteiger partial charge is 0.306 e. The first-order valence-corrected chi connectivity index (χ1v) is 34.1. The predicted octanol–water partition coefficient (Wildman–Crippen LogP) is 23.4. The molecule has 0 saturated carbocycles. The number of carbonyl (C=O) groups excluding carboxylic acids is 3. The molecule has 0 amide bonds. The minimum atomic E-state index is -0.789. The molecule has 0 spiro atoms. The SMILES string of the molecule is CCCCC/C=C\C/C=C\CCCCCCCC(=O)OCC(COC(=O)CCCCCCCCCCCC/C=C\C/C=C\C/C=C\CCCCCCC)OC(=O)CCCCCCCCCCC/C=C\C/C=C\CCCCCCC. The summed E-state index contributed by atoms with van der Waals surface area (Å²) >= 11 is 0. The van der Waals surface area contributed by atoms with E-state index in [2.05, 4.69) is 106 Å². The van der Waals surface area contributed by atoms with Crippen LogP contribution in [-0.2, 0) is 28.6 Å². The monoisotopic (exact) mass is 1100 g/mol. The zero-order valence-corrected chi connectivity index (χ0v) is 52.4. The van der Waals surface area contributed by atoms with Gasteiger partial charge in [0.2, 0.25) is 0 Å². The van der Waals surface area contributed by atoms with Crippen LogP contribution in [0.15, 0.2) is 85.1 Å². The molecular weight excluding hydrogens is 973 g/mol. The molecule has 6 nitrogen and oxygen atoms in total. The summed E-state index contributed by atoms with van der Waals surface area (Å²) in [4.78, 5) is 38.4. The first-order valence-electron chi connectivity index (χ1n) is 34.1. The molecule has 0 fully saturated rings. The highest BCUT2D eigenvalue weighted by atomic mass is 16.6. The molecule has 0 bridgehead atoms. The number of unbranched alkanes of at least 4 members (excludes halogenated alkanes) is 37. The normalized spacial score (nSPS) is 12.6. The molecule has 79 heavy (non-hydrogen) atoms. The Balaban J connectivity index is 4.36. The summed E-state index contributed by atoms with van der Waals surface area (Å²) in [6.45, 7) is 6.61. The van der Waals surface area contributed by atoms with E-state index in [1.54, 1.807) is 0 Å². The van der Waals surface area contributed by atoms with Crippen LogP contribution in [0.2, 0.25) is 0 Å². The molecule has 0 aliphatic heterocycles. The molecule has 0 aliphatic carbocycles. The molecule has 1 atom stereocenters. The van der Waals surface area contributed by atoms with Crippen LogP contribution >= 0.6 is 0 Å². The first-order chi connectivity index (χ1) is 39.0. The third-order valence-electron chi connectivity index (χ3n) is 14.8. The fraction of sp³-hybridized carbons (Fsp3) is 0.767. The van der Waals surface area contributed by atoms with Crippen molar-refractivity contribution in [2.24, 2.45) is 0 Å². The highest BCUT2D eigenvalue weighted by molar-refractivity contribution is 5.71. The van der Waals surface area contributed by atoms with Crippen LogP contribution in [0.4, 0.5) is 0 Å². The maximum atomic E-state index is 12.9. The van der Waals surface area contributed by atoms with Crippen LogP contribution in [0.5, 0.6) is 0 Å². The van der Waals surface area contributed by atoms with E-state index in [4.69, 9.17) is 14.2 Å². The van der Waals surface area contributed by atoms with E-state index in [9.17, 15) is 14.4 Å². The number of ether oxygens (including phenoxy) is 3. The quantitative estimate of drug-likeness (QED) is 0.0261. The standard InChI is InChI=1S/C73H128O6/c1-4-7-10-13-16-19-22-25-28-30-32-34-35-36-37-39-40-42-45-48-51-54-57-60-63-66-72(75)78-69-70(68-77-71(74)65-62-59-56-53-50-47-44-27-24-21-18-15-12-9-6-3)79-73(76)67-64-61-58-55-52-49-46-43-41-38-33-31-29-26-23-20-17-14-11-8-5-2/h18,21-23,25-27,30-33,35-36,44,70H,4-17,19-20,24,28-29,34,37-43,45-69H2,1-3H3/b21-18-,25-22-,26-23-,32-30-,33-31-,36-35-,44-27-. The minimum absolute atomic E-state index is 0.0838. The lowest BCUT2D eigenvalue weighted by molar-refractivity contribution is -0.167. The van der Waals surface area contributed by atoms with E-state index >= 15 is 0 Å². The molecule has 0 N–H and O–H groups in total. The van der Waals surface area contributed by atoms with Gasteiger partial charge in [0, 0.05) is 19.3 Å². The largest absolute Gasteiger partial charge is 0.462 e. The van der Waals surface area contributed by atoms with Crippen molar-refractivity contribution in [2.45, 2.75) is 348 Å². The lowest BCUT2D eigenvalue weighted by Gasteiger charge is -2.18. The van der Waals surface area contributed by atoms with Gasteiger partial charge in [-0.15, -0.1) is 0 Å². The van der Waals surface area contributed by atoms with Crippen molar-refractivity contribution in [2.75, 3.05) is 13.2 Å². The van der Waals surface area contributed by atoms with Crippen LogP contribution in [0.3, 0.4) is 0 Å². The summed E-state index contributed by atoms with van der Waals surface area (Å²) in [6, 6.07) is 0. The summed E-state index contributed by atoms with van der Waals surface area (Å²) in [5, 5.41) is 0. The van der Waals surface area contributed by atoms with Crippen LogP contribution in [0, 0.1) is 0 Å². The molecule has 6 heteroatoms. The molecule has 0 aromatic rings. The lowest BCUT2D eigenvalue weighted by atomic mass is 10.0. The third-order valence-corrected chi connectivity index (χ3v) is 14.8. The molecular formula is C73H128O6. The van der Waals surface area contributed by atoms with Gasteiger partial charge in [-0.25, -0.2) is 0 Å². The second-order valence-electron chi connectivity index (χ2n) is 22.7. The van der Waals surface area contributed by atoms with Gasteiger partial charge in [0.25, 0.3) is 0 Å². The average Bonchev–Trinajstić information content (AvgIpc) is 3.45. The zero-order chi connectivity index (χ0) is 57.1. The molecule has 0 aliphatic rings. The van der Waals surface area contributed by atoms with Crippen LogP contribution in [-0.4, -0.2) is 37.2 Å². The number of hydrogen-bond acceptors (Lipinski definition) is 6. The third kappa shape index (κ3) is 65.3. The predicted molar refractivity (Wildman–Crippen MR) is 344 cm³/mol. The summed E-state index contributed by atoms with van der Waals surface area (Å²) < 4.78 is 17.0. The molecule has 0 heterocycles. The molecule has 0 rings (SSSR count). The Hall–Kier alpha value is -3.41. The van der Waals surface area contributed by atoms with E-state index in [0.29, 0.717) is 19.3 Å². The van der Waals surface area contributed by atoms with Gasteiger partial charge < -0.3 is 14.2 Å². The molecule has 0 radical (unpaired) electrons. The topological polar surface area (TPSA) is 78.9 Å². The highest BCUT2D eigenvalue weighted by Crippen LogP contribution is 2.16. The van der Waals surface area contributed by atoms with Gasteiger partial charge in [-0.3, -0.25) is 14.4 Å². The molecule has 456 valence electrons. The van der Waals surface area contributed by atoms with Crippen molar-refractivity contribution < 1.29 is 28.6 Å². The van der Waals surface area contributed by atoms with E-state index in [0.717, 1.165) is 96.3 Å². The number of rotatable bonds is 62. The van der Waals surface area contributed by atoms with Gasteiger partial charge in [0.15, 0.2) is 6.10 Å². The highest BCUT2D eigenvalue weighted by Gasteiger charge is 2.19.